The van der Waals surface area contributed by atoms with Gasteiger partial charge in [0, 0.05) is 0 Å². The molecule has 2 heterocycles. The number of nitrogens with zero attached hydrogens (tertiary/aromatic N) is 4. The number of anilines is 1. The molecule has 1 unspecified atom stereocenters. The van der Waals surface area contributed by atoms with Crippen LogP contribution in [0.25, 0.3) is 22.4 Å². The molecule has 0 bridgehead atoms. The molecule has 1 amide bonds. The van der Waals surface area contributed by atoms with Gasteiger partial charge in [0.05, 0.1) is 34.1 Å². The van der Waals surface area contributed by atoms with Crippen LogP contribution in [0.15, 0.2) is 82.7 Å². The van der Waals surface area contributed by atoms with Gasteiger partial charge in [-0.25, -0.2) is 4.57 Å². The number of carbonyl (C=O) groups excluding carboxylic acids is 1. The number of rotatable bonds is 7. The number of thioether (sulfide) groups is 1. The number of ether oxygens (including phenoxy) is 1. The monoisotopic (exact) mass is 499 g/mol. The third-order valence-corrected chi connectivity index (χ3v) is 6.89. The molecule has 3 aromatic carbocycles. The van der Waals surface area contributed by atoms with Crippen molar-refractivity contribution in [3.8, 4) is 11.4 Å². The Kier molecular flexibility index (Phi) is 6.47. The van der Waals surface area contributed by atoms with E-state index in [4.69, 9.17) is 4.74 Å². The Bertz CT molecular complexity index is 1640. The van der Waals surface area contributed by atoms with Gasteiger partial charge in [0.25, 0.3) is 5.56 Å². The summed E-state index contributed by atoms with van der Waals surface area (Å²) in [6, 6.07) is 22.3. The number of aryl methyl sites for hydroxylation is 1. The number of nitrogens with one attached hydrogen (secondary N) is 1. The van der Waals surface area contributed by atoms with Gasteiger partial charge in [-0.3, -0.25) is 14.0 Å². The minimum absolute atomic E-state index is 0.172. The molecule has 1 N–H and O–H groups in total. The van der Waals surface area contributed by atoms with Gasteiger partial charge in [-0.05, 0) is 56.7 Å². The van der Waals surface area contributed by atoms with E-state index in [0.717, 1.165) is 11.3 Å². The molecule has 0 spiro atoms. The Hall–Kier alpha value is -4.11. The summed E-state index contributed by atoms with van der Waals surface area (Å²) >= 11 is 1.28. The number of hydrogen-bond donors (Lipinski definition) is 1. The average Bonchev–Trinajstić information content (AvgIpc) is 3.29. The van der Waals surface area contributed by atoms with E-state index < -0.39 is 5.25 Å². The maximum Gasteiger partial charge on any atom is 0.267 e. The van der Waals surface area contributed by atoms with Gasteiger partial charge in [0.1, 0.15) is 5.75 Å². The van der Waals surface area contributed by atoms with Crippen molar-refractivity contribution in [3.63, 3.8) is 0 Å². The number of fused-ring (bicyclic) bond motifs is 3. The molecule has 182 valence electrons. The van der Waals surface area contributed by atoms with E-state index in [-0.39, 0.29) is 11.5 Å². The number of benzene rings is 3. The molecule has 0 fully saturated rings. The molecule has 5 rings (SSSR count). The zero-order valence-electron chi connectivity index (χ0n) is 20.1. The Morgan fingerprint density at radius 2 is 1.75 bits per heavy atom. The molecule has 2 aromatic heterocycles. The summed E-state index contributed by atoms with van der Waals surface area (Å²) in [5.74, 6) is 0.817. The second-order valence-electron chi connectivity index (χ2n) is 8.24. The molecule has 0 radical (unpaired) electrons. The lowest BCUT2D eigenvalue weighted by molar-refractivity contribution is -0.115. The Labute approximate surface area is 211 Å². The summed E-state index contributed by atoms with van der Waals surface area (Å²) in [7, 11) is 0. The minimum Gasteiger partial charge on any atom is -0.492 e. The molecule has 5 aromatic rings. The maximum absolute atomic E-state index is 13.5. The third kappa shape index (κ3) is 4.22. The summed E-state index contributed by atoms with van der Waals surface area (Å²) in [5, 5.41) is 12.3. The summed E-state index contributed by atoms with van der Waals surface area (Å²) in [5.41, 5.74) is 2.80. The highest BCUT2D eigenvalue weighted by molar-refractivity contribution is 8.00. The SMILES string of the molecule is CCOc1ccccc1NC(=O)C(C)Sc1nnc2n(-c3ccccc3C)c(=O)c3ccccc3n12. The van der Waals surface area contributed by atoms with E-state index >= 15 is 0 Å². The van der Waals surface area contributed by atoms with Crippen LogP contribution in [-0.2, 0) is 4.79 Å². The predicted octanol–water partition coefficient (Wildman–Crippen LogP) is 4.86. The number of hydrogen-bond acceptors (Lipinski definition) is 6. The largest absolute Gasteiger partial charge is 0.492 e. The molecular formula is C27H25N5O3S. The summed E-state index contributed by atoms with van der Waals surface area (Å²) in [4.78, 5) is 26.6. The maximum atomic E-state index is 13.5. The highest BCUT2D eigenvalue weighted by Gasteiger charge is 2.23. The highest BCUT2D eigenvalue weighted by Crippen LogP contribution is 2.29. The van der Waals surface area contributed by atoms with Crippen LogP contribution in [-0.4, -0.2) is 36.9 Å². The molecule has 0 aliphatic rings. The number of para-hydroxylation sites is 4. The molecule has 0 saturated carbocycles. The van der Waals surface area contributed by atoms with Gasteiger partial charge in [0.15, 0.2) is 5.16 Å². The second-order valence-corrected chi connectivity index (χ2v) is 9.55. The van der Waals surface area contributed by atoms with Crippen LogP contribution in [0.4, 0.5) is 5.69 Å². The number of carbonyl (C=O) groups is 1. The van der Waals surface area contributed by atoms with Crippen molar-refractivity contribution in [2.24, 2.45) is 0 Å². The van der Waals surface area contributed by atoms with Crippen LogP contribution in [0.3, 0.4) is 0 Å². The van der Waals surface area contributed by atoms with Gasteiger partial charge >= 0.3 is 0 Å². The van der Waals surface area contributed by atoms with Crippen molar-refractivity contribution in [3.05, 3.63) is 88.7 Å². The zero-order chi connectivity index (χ0) is 25.2. The van der Waals surface area contributed by atoms with Crippen LogP contribution in [0.1, 0.15) is 19.4 Å². The summed E-state index contributed by atoms with van der Waals surface area (Å²) in [6.07, 6.45) is 0. The number of amides is 1. The first kappa shape index (κ1) is 23.6. The predicted molar refractivity (Wildman–Crippen MR) is 142 cm³/mol. The zero-order valence-corrected chi connectivity index (χ0v) is 21.0. The minimum atomic E-state index is -0.496. The van der Waals surface area contributed by atoms with Crippen molar-refractivity contribution in [1.82, 2.24) is 19.2 Å². The van der Waals surface area contributed by atoms with Crippen LogP contribution in [0, 0.1) is 6.92 Å². The molecular weight excluding hydrogens is 474 g/mol. The Morgan fingerprint density at radius 3 is 2.56 bits per heavy atom. The van der Waals surface area contributed by atoms with Gasteiger partial charge < -0.3 is 10.1 Å². The Morgan fingerprint density at radius 1 is 1.03 bits per heavy atom. The van der Waals surface area contributed by atoms with Crippen molar-refractivity contribution >= 4 is 40.0 Å². The van der Waals surface area contributed by atoms with Gasteiger partial charge in [-0.2, -0.15) is 0 Å². The smallest absolute Gasteiger partial charge is 0.267 e. The first-order chi connectivity index (χ1) is 17.5. The fourth-order valence-electron chi connectivity index (χ4n) is 4.08. The highest BCUT2D eigenvalue weighted by atomic mass is 32.2. The van der Waals surface area contributed by atoms with Crippen molar-refractivity contribution in [2.45, 2.75) is 31.2 Å². The van der Waals surface area contributed by atoms with Crippen LogP contribution < -0.4 is 15.6 Å². The lowest BCUT2D eigenvalue weighted by Gasteiger charge is -2.15. The van der Waals surface area contributed by atoms with Crippen LogP contribution in [0.2, 0.25) is 0 Å². The van der Waals surface area contributed by atoms with Gasteiger partial charge in [-0.15, -0.1) is 10.2 Å². The molecule has 0 aliphatic carbocycles. The topological polar surface area (TPSA) is 90.5 Å². The fourth-order valence-corrected chi connectivity index (χ4v) is 4.94. The second kappa shape index (κ2) is 9.87. The van der Waals surface area contributed by atoms with E-state index in [1.54, 1.807) is 16.7 Å². The summed E-state index contributed by atoms with van der Waals surface area (Å²) < 4.78 is 9.05. The normalized spacial score (nSPS) is 12.1. The standard InChI is InChI=1S/C27H25N5O3S/c1-4-35-23-16-10-7-13-20(23)28-24(33)18(3)36-27-30-29-26-31(21-14-8-5-11-17(21)2)25(34)19-12-6-9-15-22(19)32(26)27/h5-16,18H,4H2,1-3H3,(H,28,33). The quantitative estimate of drug-likeness (QED) is 0.322. The molecule has 36 heavy (non-hydrogen) atoms. The fraction of sp³-hybridized carbons (Fsp3) is 0.185. The first-order valence-corrected chi connectivity index (χ1v) is 12.5. The van der Waals surface area contributed by atoms with E-state index in [9.17, 15) is 9.59 Å². The molecule has 9 heteroatoms. The van der Waals surface area contributed by atoms with Crippen LogP contribution >= 0.6 is 11.8 Å². The molecule has 0 aliphatic heterocycles. The molecule has 1 atom stereocenters. The van der Waals surface area contributed by atoms with E-state index in [1.165, 1.54) is 11.8 Å². The van der Waals surface area contributed by atoms with E-state index in [1.807, 2.05) is 85.8 Å². The lowest BCUT2D eigenvalue weighted by atomic mass is 10.2. The number of aromatic nitrogens is 4. The summed E-state index contributed by atoms with van der Waals surface area (Å²) in [6.45, 7) is 6.16. The van der Waals surface area contributed by atoms with Gasteiger partial charge in [-0.1, -0.05) is 54.2 Å². The average molecular weight is 500 g/mol. The third-order valence-electron chi connectivity index (χ3n) is 5.85. The van der Waals surface area contributed by atoms with Gasteiger partial charge in [0.2, 0.25) is 11.7 Å². The van der Waals surface area contributed by atoms with E-state index in [0.29, 0.717) is 39.9 Å². The van der Waals surface area contributed by atoms with Crippen molar-refractivity contribution < 1.29 is 9.53 Å². The Balaban J connectivity index is 1.56. The van der Waals surface area contributed by atoms with Crippen molar-refractivity contribution in [1.29, 1.82) is 0 Å². The van der Waals surface area contributed by atoms with Crippen LogP contribution in [0.5, 0.6) is 5.75 Å². The molecule has 8 nitrogen and oxygen atoms in total. The lowest BCUT2D eigenvalue weighted by Crippen LogP contribution is -2.24. The first-order valence-electron chi connectivity index (χ1n) is 11.6. The van der Waals surface area contributed by atoms with E-state index in [2.05, 4.69) is 15.5 Å². The van der Waals surface area contributed by atoms with Crippen molar-refractivity contribution in [2.75, 3.05) is 11.9 Å². The molecule has 0 saturated heterocycles.